The molecule has 0 saturated heterocycles. The molecule has 0 atom stereocenters. The summed E-state index contributed by atoms with van der Waals surface area (Å²) < 4.78 is 0. The van der Waals surface area contributed by atoms with Gasteiger partial charge in [-0.15, -0.1) is 0 Å². The van der Waals surface area contributed by atoms with E-state index < -0.39 is 0 Å². The maximum Gasteiger partial charge on any atom is 0.272 e. The smallest absolute Gasteiger partial charge is 0.272 e. The molecule has 7 heteroatoms. The molecular weight excluding hydrogens is 364 g/mol. The van der Waals surface area contributed by atoms with Gasteiger partial charge in [-0.2, -0.15) is 0 Å². The zero-order valence-electron chi connectivity index (χ0n) is 16.4. The van der Waals surface area contributed by atoms with Crippen LogP contribution in [-0.4, -0.2) is 58.8 Å². The lowest BCUT2D eigenvalue weighted by Crippen LogP contribution is -2.38. The first kappa shape index (κ1) is 20.8. The van der Waals surface area contributed by atoms with Crippen molar-refractivity contribution in [3.8, 4) is 0 Å². The number of nitrogens with zero attached hydrogens (tertiary/aromatic N) is 4. The minimum atomic E-state index is -0.215. The third-order valence-electron chi connectivity index (χ3n) is 4.25. The highest BCUT2D eigenvalue weighted by atomic mass is 35.5. The number of aryl methyl sites for hydroxylation is 1. The fourth-order valence-corrected chi connectivity index (χ4v) is 2.72. The minimum absolute atomic E-state index is 0.100. The van der Waals surface area contributed by atoms with Crippen molar-refractivity contribution in [3.63, 3.8) is 0 Å². The third kappa shape index (κ3) is 5.26. The number of hydrogen-bond acceptors (Lipinski definition) is 4. The fourth-order valence-electron chi connectivity index (χ4n) is 2.60. The summed E-state index contributed by atoms with van der Waals surface area (Å²) in [7, 11) is 3.41. The van der Waals surface area contributed by atoms with E-state index in [9.17, 15) is 9.59 Å². The van der Waals surface area contributed by atoms with Gasteiger partial charge in [0.05, 0.1) is 16.3 Å². The van der Waals surface area contributed by atoms with Gasteiger partial charge in [-0.05, 0) is 37.1 Å². The molecular formula is C20H25ClN4O2. The van der Waals surface area contributed by atoms with E-state index >= 15 is 0 Å². The molecule has 2 aromatic rings. The van der Waals surface area contributed by atoms with Crippen LogP contribution >= 0.6 is 11.6 Å². The van der Waals surface area contributed by atoms with E-state index in [4.69, 9.17) is 11.6 Å². The zero-order valence-corrected chi connectivity index (χ0v) is 17.1. The molecule has 0 aliphatic rings. The lowest BCUT2D eigenvalue weighted by molar-refractivity contribution is 0.0714. The monoisotopic (exact) mass is 388 g/mol. The van der Waals surface area contributed by atoms with E-state index in [-0.39, 0.29) is 17.7 Å². The van der Waals surface area contributed by atoms with Crippen molar-refractivity contribution in [2.24, 2.45) is 0 Å². The van der Waals surface area contributed by atoms with Gasteiger partial charge < -0.3 is 9.80 Å². The van der Waals surface area contributed by atoms with Gasteiger partial charge in [0.2, 0.25) is 0 Å². The molecule has 2 aromatic heterocycles. The molecule has 6 nitrogen and oxygen atoms in total. The van der Waals surface area contributed by atoms with Crippen molar-refractivity contribution >= 4 is 23.4 Å². The highest BCUT2D eigenvalue weighted by Gasteiger charge is 2.20. The summed E-state index contributed by atoms with van der Waals surface area (Å²) in [5.41, 5.74) is 2.60. The van der Waals surface area contributed by atoms with Crippen molar-refractivity contribution in [1.29, 1.82) is 0 Å². The molecule has 0 aliphatic heterocycles. The molecule has 2 amide bonds. The Morgan fingerprint density at radius 1 is 1.04 bits per heavy atom. The largest absolute Gasteiger partial charge is 0.340 e. The van der Waals surface area contributed by atoms with Gasteiger partial charge in [-0.25, -0.2) is 4.98 Å². The van der Waals surface area contributed by atoms with E-state index in [0.29, 0.717) is 29.4 Å². The highest BCUT2D eigenvalue weighted by Crippen LogP contribution is 2.19. The van der Waals surface area contributed by atoms with Crippen molar-refractivity contribution in [2.45, 2.75) is 26.7 Å². The Hall–Kier alpha value is -2.47. The quantitative estimate of drug-likeness (QED) is 0.760. The molecule has 0 spiro atoms. The second-order valence-corrected chi connectivity index (χ2v) is 7.29. The second-order valence-electron chi connectivity index (χ2n) is 6.86. The molecule has 0 bridgehead atoms. The third-order valence-corrected chi connectivity index (χ3v) is 4.48. The number of hydrogen-bond donors (Lipinski definition) is 0. The molecule has 0 unspecified atom stereocenters. The van der Waals surface area contributed by atoms with Crippen molar-refractivity contribution in [1.82, 2.24) is 19.8 Å². The number of likely N-dealkylation sites (N-methyl/N-ethyl adjacent to an activating group) is 2. The molecule has 2 rings (SSSR count). The number of halogens is 1. The van der Waals surface area contributed by atoms with Crippen LogP contribution in [0.5, 0.6) is 0 Å². The van der Waals surface area contributed by atoms with E-state index in [1.807, 2.05) is 32.9 Å². The summed E-state index contributed by atoms with van der Waals surface area (Å²) >= 11 is 5.80. The maximum atomic E-state index is 12.8. The Kier molecular flexibility index (Phi) is 6.91. The fraction of sp³-hybridized carbons (Fsp3) is 0.400. The lowest BCUT2D eigenvalue weighted by Gasteiger charge is -2.23. The Labute approximate surface area is 165 Å². The number of aromatic nitrogens is 2. The standard InChI is InChI=1S/C20H25ClN4O2/c1-13(2)18-16(8-6-14(3)23-18)19(26)24(4)10-11-25(5)20(27)17-9-7-15(21)12-22-17/h6-9,12-13H,10-11H2,1-5H3. The van der Waals surface area contributed by atoms with E-state index in [1.54, 1.807) is 31.1 Å². The average molecular weight is 389 g/mol. The van der Waals surface area contributed by atoms with Crippen molar-refractivity contribution in [2.75, 3.05) is 27.2 Å². The molecule has 144 valence electrons. The van der Waals surface area contributed by atoms with Crippen molar-refractivity contribution in [3.05, 3.63) is 58.1 Å². The van der Waals surface area contributed by atoms with E-state index in [1.165, 1.54) is 11.1 Å². The van der Waals surface area contributed by atoms with Crippen LogP contribution in [0, 0.1) is 6.92 Å². The average Bonchev–Trinajstić information content (AvgIpc) is 2.65. The van der Waals surface area contributed by atoms with Crippen molar-refractivity contribution < 1.29 is 9.59 Å². The van der Waals surface area contributed by atoms with Crippen LogP contribution in [0.25, 0.3) is 0 Å². The molecule has 2 heterocycles. The number of rotatable bonds is 6. The van der Waals surface area contributed by atoms with Crippen LogP contribution in [0.15, 0.2) is 30.5 Å². The predicted octanol–water partition coefficient (Wildman–Crippen LogP) is 3.41. The van der Waals surface area contributed by atoms with Crippen LogP contribution in [0.1, 0.15) is 52.0 Å². The van der Waals surface area contributed by atoms with Crippen LogP contribution in [-0.2, 0) is 0 Å². The van der Waals surface area contributed by atoms with Gasteiger partial charge >= 0.3 is 0 Å². The van der Waals surface area contributed by atoms with Gasteiger partial charge in [-0.1, -0.05) is 25.4 Å². The first-order valence-electron chi connectivity index (χ1n) is 8.80. The molecule has 0 aromatic carbocycles. The molecule has 0 aliphatic carbocycles. The van der Waals surface area contributed by atoms with Crippen LogP contribution in [0.3, 0.4) is 0 Å². The number of carbonyl (C=O) groups excluding carboxylic acids is 2. The summed E-state index contributed by atoms with van der Waals surface area (Å²) in [6.45, 7) is 6.74. The number of carbonyl (C=O) groups is 2. The zero-order chi connectivity index (χ0) is 20.1. The summed E-state index contributed by atoms with van der Waals surface area (Å²) in [5, 5.41) is 0.479. The molecule has 0 radical (unpaired) electrons. The summed E-state index contributed by atoms with van der Waals surface area (Å²) in [6, 6.07) is 6.88. The first-order chi connectivity index (χ1) is 12.7. The van der Waals surface area contributed by atoms with Gasteiger partial charge in [-0.3, -0.25) is 14.6 Å². The number of amides is 2. The predicted molar refractivity (Wildman–Crippen MR) is 106 cm³/mol. The summed E-state index contributed by atoms with van der Waals surface area (Å²) in [6.07, 6.45) is 1.44. The van der Waals surface area contributed by atoms with Gasteiger partial charge in [0.15, 0.2) is 0 Å². The molecule has 0 saturated carbocycles. The normalized spacial score (nSPS) is 10.8. The lowest BCUT2D eigenvalue weighted by atomic mass is 10.0. The number of pyridine rings is 2. The topological polar surface area (TPSA) is 66.4 Å². The Balaban J connectivity index is 2.02. The first-order valence-corrected chi connectivity index (χ1v) is 9.18. The summed E-state index contributed by atoms with van der Waals surface area (Å²) in [5.74, 6) is -0.165. The van der Waals surface area contributed by atoms with Gasteiger partial charge in [0.25, 0.3) is 11.8 Å². The van der Waals surface area contributed by atoms with Crippen LogP contribution in [0.2, 0.25) is 5.02 Å². The highest BCUT2D eigenvalue weighted by molar-refractivity contribution is 6.30. The SMILES string of the molecule is Cc1ccc(C(=O)N(C)CCN(C)C(=O)c2ccc(Cl)cn2)c(C(C)C)n1. The van der Waals surface area contributed by atoms with Crippen LogP contribution in [0.4, 0.5) is 0 Å². The molecule has 27 heavy (non-hydrogen) atoms. The maximum absolute atomic E-state index is 12.8. The Morgan fingerprint density at radius 2 is 1.67 bits per heavy atom. The molecule has 0 fully saturated rings. The second kappa shape index (κ2) is 8.95. The molecule has 0 N–H and O–H groups in total. The van der Waals surface area contributed by atoms with Gasteiger partial charge in [0.1, 0.15) is 5.69 Å². The minimum Gasteiger partial charge on any atom is -0.340 e. The van der Waals surface area contributed by atoms with Crippen LogP contribution < -0.4 is 0 Å². The van der Waals surface area contributed by atoms with E-state index in [0.717, 1.165) is 11.4 Å². The Morgan fingerprint density at radius 3 is 2.22 bits per heavy atom. The summed E-state index contributed by atoms with van der Waals surface area (Å²) in [4.78, 5) is 36.9. The van der Waals surface area contributed by atoms with Gasteiger partial charge in [0, 0.05) is 39.1 Å². The van der Waals surface area contributed by atoms with E-state index in [2.05, 4.69) is 9.97 Å². The Bertz CT molecular complexity index is 821.